The van der Waals surface area contributed by atoms with Crippen molar-refractivity contribution in [2.24, 2.45) is 5.92 Å². The van der Waals surface area contributed by atoms with Gasteiger partial charge in [-0.15, -0.1) is 0 Å². The summed E-state index contributed by atoms with van der Waals surface area (Å²) in [4.78, 5) is 12.0. The zero-order valence-electron chi connectivity index (χ0n) is 17.6. The van der Waals surface area contributed by atoms with Crippen LogP contribution in [0.4, 0.5) is 0 Å². The molecule has 0 aromatic heterocycles. The third-order valence-corrected chi connectivity index (χ3v) is 5.47. The molecular formula is C23H44O2S. The van der Waals surface area contributed by atoms with Crippen LogP contribution in [0.1, 0.15) is 110 Å². The highest BCUT2D eigenvalue weighted by Gasteiger charge is 2.14. The normalized spacial score (nSPS) is 12.1. The SMILES string of the molecule is C=C(CC(CC)CCCC)C(=O)OCCCCCCCCCCCCS. The summed E-state index contributed by atoms with van der Waals surface area (Å²) < 4.78 is 5.39. The molecule has 3 heteroatoms. The van der Waals surface area contributed by atoms with Gasteiger partial charge in [0.05, 0.1) is 6.61 Å². The number of hydrogen-bond acceptors (Lipinski definition) is 3. The minimum absolute atomic E-state index is 0.179. The molecular weight excluding hydrogens is 340 g/mol. The lowest BCUT2D eigenvalue weighted by atomic mass is 9.92. The number of hydrogen-bond donors (Lipinski definition) is 1. The molecule has 0 N–H and O–H groups in total. The van der Waals surface area contributed by atoms with Gasteiger partial charge in [-0.25, -0.2) is 4.79 Å². The molecule has 2 nitrogen and oxygen atoms in total. The summed E-state index contributed by atoms with van der Waals surface area (Å²) in [7, 11) is 0. The van der Waals surface area contributed by atoms with Gasteiger partial charge in [0.15, 0.2) is 0 Å². The quantitative estimate of drug-likeness (QED) is 0.108. The molecule has 1 unspecified atom stereocenters. The van der Waals surface area contributed by atoms with Crippen LogP contribution >= 0.6 is 12.6 Å². The topological polar surface area (TPSA) is 26.3 Å². The number of rotatable bonds is 19. The first kappa shape index (κ1) is 25.6. The first-order valence-electron chi connectivity index (χ1n) is 11.1. The van der Waals surface area contributed by atoms with Gasteiger partial charge in [-0.1, -0.05) is 97.5 Å². The van der Waals surface area contributed by atoms with Crippen LogP contribution in [0.3, 0.4) is 0 Å². The molecule has 26 heavy (non-hydrogen) atoms. The number of ether oxygens (including phenoxy) is 1. The molecule has 0 fully saturated rings. The third kappa shape index (κ3) is 15.8. The second kappa shape index (κ2) is 19.3. The van der Waals surface area contributed by atoms with E-state index in [1.165, 1.54) is 70.6 Å². The Morgan fingerprint density at radius 2 is 1.42 bits per heavy atom. The zero-order valence-corrected chi connectivity index (χ0v) is 18.5. The van der Waals surface area contributed by atoms with Crippen LogP contribution in [0.2, 0.25) is 0 Å². The Balaban J connectivity index is 3.51. The summed E-state index contributed by atoms with van der Waals surface area (Å²) >= 11 is 4.24. The summed E-state index contributed by atoms with van der Waals surface area (Å²) in [6, 6.07) is 0. The molecule has 0 radical (unpaired) electrons. The van der Waals surface area contributed by atoms with Crippen LogP contribution < -0.4 is 0 Å². The van der Waals surface area contributed by atoms with E-state index in [0.29, 0.717) is 18.1 Å². The van der Waals surface area contributed by atoms with Gasteiger partial charge in [0.2, 0.25) is 0 Å². The molecule has 0 amide bonds. The minimum atomic E-state index is -0.179. The lowest BCUT2D eigenvalue weighted by molar-refractivity contribution is -0.139. The molecule has 0 saturated heterocycles. The lowest BCUT2D eigenvalue weighted by Gasteiger charge is -2.15. The second-order valence-corrected chi connectivity index (χ2v) is 8.07. The maximum absolute atomic E-state index is 12.0. The first-order chi connectivity index (χ1) is 12.7. The maximum Gasteiger partial charge on any atom is 0.333 e. The van der Waals surface area contributed by atoms with Gasteiger partial charge in [-0.05, 0) is 30.9 Å². The highest BCUT2D eigenvalue weighted by atomic mass is 32.1. The van der Waals surface area contributed by atoms with E-state index in [2.05, 4.69) is 33.1 Å². The van der Waals surface area contributed by atoms with Gasteiger partial charge < -0.3 is 4.74 Å². The number of thiol groups is 1. The van der Waals surface area contributed by atoms with Gasteiger partial charge >= 0.3 is 5.97 Å². The summed E-state index contributed by atoms with van der Waals surface area (Å²) in [5.74, 6) is 1.42. The third-order valence-electron chi connectivity index (χ3n) is 5.15. The zero-order chi connectivity index (χ0) is 19.5. The maximum atomic E-state index is 12.0. The van der Waals surface area contributed by atoms with Crippen molar-refractivity contribution in [2.45, 2.75) is 110 Å². The van der Waals surface area contributed by atoms with Crippen LogP contribution in [0.15, 0.2) is 12.2 Å². The van der Waals surface area contributed by atoms with E-state index < -0.39 is 0 Å². The van der Waals surface area contributed by atoms with Gasteiger partial charge in [0.1, 0.15) is 0 Å². The van der Waals surface area contributed by atoms with Crippen molar-refractivity contribution in [2.75, 3.05) is 12.4 Å². The van der Waals surface area contributed by atoms with Crippen molar-refractivity contribution in [1.29, 1.82) is 0 Å². The van der Waals surface area contributed by atoms with Crippen molar-refractivity contribution in [3.8, 4) is 0 Å². The molecule has 0 aliphatic carbocycles. The van der Waals surface area contributed by atoms with E-state index in [0.717, 1.165) is 31.4 Å². The number of unbranched alkanes of at least 4 members (excludes halogenated alkanes) is 10. The average molecular weight is 385 g/mol. The monoisotopic (exact) mass is 384 g/mol. The van der Waals surface area contributed by atoms with E-state index in [1.807, 2.05) is 0 Å². The molecule has 154 valence electrons. The van der Waals surface area contributed by atoms with Gasteiger partial charge in [-0.2, -0.15) is 12.6 Å². The van der Waals surface area contributed by atoms with E-state index in [1.54, 1.807) is 0 Å². The van der Waals surface area contributed by atoms with Gasteiger partial charge in [0.25, 0.3) is 0 Å². The highest BCUT2D eigenvalue weighted by Crippen LogP contribution is 2.21. The highest BCUT2D eigenvalue weighted by molar-refractivity contribution is 7.80. The molecule has 0 aromatic rings. The van der Waals surface area contributed by atoms with Crippen LogP contribution in [-0.4, -0.2) is 18.3 Å². The van der Waals surface area contributed by atoms with Gasteiger partial charge in [0, 0.05) is 5.57 Å². The molecule has 0 spiro atoms. The Morgan fingerprint density at radius 1 is 0.885 bits per heavy atom. The van der Waals surface area contributed by atoms with E-state index >= 15 is 0 Å². The average Bonchev–Trinajstić information content (AvgIpc) is 2.65. The molecule has 0 aromatic carbocycles. The molecule has 0 aliphatic heterocycles. The predicted molar refractivity (Wildman–Crippen MR) is 118 cm³/mol. The van der Waals surface area contributed by atoms with Crippen LogP contribution in [0.25, 0.3) is 0 Å². The van der Waals surface area contributed by atoms with Gasteiger partial charge in [-0.3, -0.25) is 0 Å². The van der Waals surface area contributed by atoms with Crippen molar-refractivity contribution in [3.05, 3.63) is 12.2 Å². The predicted octanol–water partition coefficient (Wildman–Crippen LogP) is 7.52. The standard InChI is InChI=1S/C23H44O2S/c1-4-6-17-22(5-2)20-21(3)23(24)25-18-15-13-11-9-7-8-10-12-14-16-19-26/h22,26H,3-20H2,1-2H3. The molecule has 0 bridgehead atoms. The fourth-order valence-corrected chi connectivity index (χ4v) is 3.49. The van der Waals surface area contributed by atoms with Crippen molar-refractivity contribution in [1.82, 2.24) is 0 Å². The fourth-order valence-electron chi connectivity index (χ4n) is 3.27. The van der Waals surface area contributed by atoms with Crippen LogP contribution in [0.5, 0.6) is 0 Å². The Morgan fingerprint density at radius 3 is 1.92 bits per heavy atom. The molecule has 0 aliphatic rings. The summed E-state index contributed by atoms with van der Waals surface area (Å²) in [6.07, 6.45) is 18.3. The lowest BCUT2D eigenvalue weighted by Crippen LogP contribution is -2.12. The fraction of sp³-hybridized carbons (Fsp3) is 0.870. The van der Waals surface area contributed by atoms with E-state index in [-0.39, 0.29) is 5.97 Å². The summed E-state index contributed by atoms with van der Waals surface area (Å²) in [5, 5.41) is 0. The second-order valence-electron chi connectivity index (χ2n) is 7.62. The van der Waals surface area contributed by atoms with Crippen LogP contribution in [0, 0.1) is 5.92 Å². The Hall–Kier alpha value is -0.440. The Labute approximate surface area is 169 Å². The minimum Gasteiger partial charge on any atom is -0.462 e. The Bertz CT molecular complexity index is 341. The summed E-state index contributed by atoms with van der Waals surface area (Å²) in [6.45, 7) is 8.90. The first-order valence-corrected chi connectivity index (χ1v) is 11.7. The number of carbonyl (C=O) groups excluding carboxylic acids is 1. The van der Waals surface area contributed by atoms with Crippen molar-refractivity contribution < 1.29 is 9.53 Å². The Kier molecular flexibility index (Phi) is 19.0. The largest absolute Gasteiger partial charge is 0.462 e. The molecule has 1 atom stereocenters. The molecule has 0 heterocycles. The number of carbonyl (C=O) groups is 1. The smallest absolute Gasteiger partial charge is 0.333 e. The van der Waals surface area contributed by atoms with E-state index in [4.69, 9.17) is 4.74 Å². The number of esters is 1. The van der Waals surface area contributed by atoms with E-state index in [9.17, 15) is 4.79 Å². The molecule has 0 saturated carbocycles. The van der Waals surface area contributed by atoms with Crippen LogP contribution in [-0.2, 0) is 9.53 Å². The van der Waals surface area contributed by atoms with Crippen molar-refractivity contribution >= 4 is 18.6 Å². The molecule has 0 rings (SSSR count). The van der Waals surface area contributed by atoms with Crippen molar-refractivity contribution in [3.63, 3.8) is 0 Å². The summed E-state index contributed by atoms with van der Waals surface area (Å²) in [5.41, 5.74) is 0.658.